The van der Waals surface area contributed by atoms with Gasteiger partial charge in [0.05, 0.1) is 41.1 Å². The molecule has 3 aromatic rings. The molecule has 0 saturated carbocycles. The largest absolute Gasteiger partial charge is 0.401 e. The first-order valence-corrected chi connectivity index (χ1v) is 10.7. The standard InChI is InChI=1S/C22H24F4N6/c1-12-8-16-15(3-5-17-19(16)21(23)31-30-17)20(32(12)11-22(24,25)26)18-4-2-13(10-28-18)29-14-6-7-27-9-14/h2-5,10,12,14,20,27,29H,6-9,11H2,1H3,(H,30,31)/t12-,14?,20+/m1/s1. The summed E-state index contributed by atoms with van der Waals surface area (Å²) in [4.78, 5) is 5.94. The molecule has 0 radical (unpaired) electrons. The van der Waals surface area contributed by atoms with E-state index in [1.165, 1.54) is 4.90 Å². The fourth-order valence-electron chi connectivity index (χ4n) is 4.93. The molecular weight excluding hydrogens is 424 g/mol. The Morgan fingerprint density at radius 2 is 2.06 bits per heavy atom. The molecule has 10 heteroatoms. The Kier molecular flexibility index (Phi) is 5.29. The first-order valence-electron chi connectivity index (χ1n) is 10.7. The van der Waals surface area contributed by atoms with Crippen molar-refractivity contribution in [2.45, 2.75) is 44.1 Å². The minimum atomic E-state index is -4.37. The van der Waals surface area contributed by atoms with E-state index in [0.29, 0.717) is 40.2 Å². The molecule has 1 saturated heterocycles. The number of H-pyrrole nitrogens is 1. The first kappa shape index (κ1) is 21.1. The van der Waals surface area contributed by atoms with Crippen LogP contribution in [0.4, 0.5) is 23.2 Å². The number of aromatic nitrogens is 3. The number of pyridine rings is 1. The van der Waals surface area contributed by atoms with Gasteiger partial charge in [-0.25, -0.2) is 0 Å². The third-order valence-corrected chi connectivity index (χ3v) is 6.37. The van der Waals surface area contributed by atoms with Crippen LogP contribution >= 0.6 is 0 Å². The lowest BCUT2D eigenvalue weighted by atomic mass is 9.85. The normalized spacial score (nSPS) is 24.1. The van der Waals surface area contributed by atoms with Crippen LogP contribution in [0.15, 0.2) is 30.5 Å². The van der Waals surface area contributed by atoms with Gasteiger partial charge in [0, 0.05) is 18.6 Å². The summed E-state index contributed by atoms with van der Waals surface area (Å²) in [5, 5.41) is 13.3. The Morgan fingerprint density at radius 1 is 1.22 bits per heavy atom. The molecule has 4 heterocycles. The third kappa shape index (κ3) is 3.93. The Balaban J connectivity index is 1.56. The SMILES string of the molecule is C[C@@H]1Cc2c(ccc3n[nH]c(F)c23)[C@@H](c2ccc(NC3CCNC3)cn2)N1CC(F)(F)F. The zero-order valence-corrected chi connectivity index (χ0v) is 17.5. The van der Waals surface area contributed by atoms with Gasteiger partial charge in [-0.2, -0.15) is 22.7 Å². The molecule has 3 N–H and O–H groups in total. The minimum absolute atomic E-state index is 0.296. The van der Waals surface area contributed by atoms with Gasteiger partial charge in [0.15, 0.2) is 0 Å². The quantitative estimate of drug-likeness (QED) is 0.531. The van der Waals surface area contributed by atoms with E-state index in [0.717, 1.165) is 25.2 Å². The summed E-state index contributed by atoms with van der Waals surface area (Å²) in [5.74, 6) is -0.565. The number of hydrogen-bond acceptors (Lipinski definition) is 5. The third-order valence-electron chi connectivity index (χ3n) is 6.37. The fourth-order valence-corrected chi connectivity index (χ4v) is 4.93. The molecule has 6 nitrogen and oxygen atoms in total. The van der Waals surface area contributed by atoms with Crippen LogP contribution in [0.5, 0.6) is 0 Å². The lowest BCUT2D eigenvalue weighted by Gasteiger charge is -2.42. The molecule has 0 spiro atoms. The second-order valence-electron chi connectivity index (χ2n) is 8.61. The van der Waals surface area contributed by atoms with E-state index in [-0.39, 0.29) is 0 Å². The van der Waals surface area contributed by atoms with Gasteiger partial charge in [-0.3, -0.25) is 15.0 Å². The molecule has 0 aliphatic carbocycles. The molecule has 2 aromatic heterocycles. The Bertz CT molecular complexity index is 1100. The number of fused-ring (bicyclic) bond motifs is 3. The van der Waals surface area contributed by atoms with Crippen molar-refractivity contribution in [3.8, 4) is 0 Å². The molecule has 32 heavy (non-hydrogen) atoms. The second-order valence-corrected chi connectivity index (χ2v) is 8.61. The van der Waals surface area contributed by atoms with E-state index in [9.17, 15) is 17.6 Å². The molecule has 0 amide bonds. The predicted octanol–water partition coefficient (Wildman–Crippen LogP) is 3.77. The maximum absolute atomic E-state index is 14.5. The number of nitrogens with one attached hydrogen (secondary N) is 3. The van der Waals surface area contributed by atoms with Crippen LogP contribution in [0.1, 0.15) is 36.2 Å². The number of anilines is 1. The minimum Gasteiger partial charge on any atom is -0.380 e. The lowest BCUT2D eigenvalue weighted by molar-refractivity contribution is -0.155. The predicted molar refractivity (Wildman–Crippen MR) is 113 cm³/mol. The number of aromatic amines is 1. The Morgan fingerprint density at radius 3 is 2.75 bits per heavy atom. The van der Waals surface area contributed by atoms with Gasteiger partial charge in [0.2, 0.25) is 5.95 Å². The summed E-state index contributed by atoms with van der Waals surface area (Å²) >= 11 is 0. The summed E-state index contributed by atoms with van der Waals surface area (Å²) in [6, 6.07) is 6.10. The Hall–Kier alpha value is -2.72. The fraction of sp³-hybridized carbons (Fsp3) is 0.455. The van der Waals surface area contributed by atoms with E-state index in [1.54, 1.807) is 31.3 Å². The number of halogens is 4. The van der Waals surface area contributed by atoms with Gasteiger partial charge < -0.3 is 10.6 Å². The van der Waals surface area contributed by atoms with Crippen LogP contribution in [0.3, 0.4) is 0 Å². The van der Waals surface area contributed by atoms with Gasteiger partial charge in [-0.05, 0) is 55.6 Å². The number of rotatable bonds is 4. The van der Waals surface area contributed by atoms with E-state index in [1.807, 2.05) is 6.07 Å². The Labute approximate surface area is 182 Å². The zero-order chi connectivity index (χ0) is 22.5. The van der Waals surface area contributed by atoms with Gasteiger partial charge in [-0.15, -0.1) is 0 Å². The molecule has 2 aliphatic rings. The molecule has 170 valence electrons. The molecular formula is C22H24F4N6. The van der Waals surface area contributed by atoms with Crippen molar-refractivity contribution in [2.75, 3.05) is 25.0 Å². The molecule has 2 aliphatic heterocycles. The molecule has 5 rings (SSSR count). The molecule has 1 fully saturated rings. The van der Waals surface area contributed by atoms with Crippen molar-refractivity contribution in [3.63, 3.8) is 0 Å². The maximum atomic E-state index is 14.5. The highest BCUT2D eigenvalue weighted by molar-refractivity contribution is 5.84. The smallest absolute Gasteiger partial charge is 0.380 e. The highest BCUT2D eigenvalue weighted by atomic mass is 19.4. The van der Waals surface area contributed by atoms with Gasteiger partial charge in [0.25, 0.3) is 0 Å². The van der Waals surface area contributed by atoms with Crippen LogP contribution in [-0.2, 0) is 6.42 Å². The summed E-state index contributed by atoms with van der Waals surface area (Å²) in [5.41, 5.74) is 3.11. The van der Waals surface area contributed by atoms with Crippen molar-refractivity contribution < 1.29 is 17.6 Å². The van der Waals surface area contributed by atoms with Crippen molar-refractivity contribution in [1.29, 1.82) is 0 Å². The monoisotopic (exact) mass is 448 g/mol. The van der Waals surface area contributed by atoms with Crippen molar-refractivity contribution >= 4 is 16.6 Å². The summed E-state index contributed by atoms with van der Waals surface area (Å²) in [6.07, 6.45) is -1.41. The van der Waals surface area contributed by atoms with Crippen LogP contribution in [0, 0.1) is 5.95 Å². The van der Waals surface area contributed by atoms with Crippen LogP contribution in [-0.4, -0.2) is 58.0 Å². The van der Waals surface area contributed by atoms with E-state index >= 15 is 0 Å². The van der Waals surface area contributed by atoms with Gasteiger partial charge in [0.1, 0.15) is 0 Å². The lowest BCUT2D eigenvalue weighted by Crippen LogP contribution is -2.47. The highest BCUT2D eigenvalue weighted by Gasteiger charge is 2.42. The van der Waals surface area contributed by atoms with Crippen molar-refractivity contribution in [3.05, 3.63) is 53.2 Å². The topological polar surface area (TPSA) is 68.9 Å². The van der Waals surface area contributed by atoms with E-state index < -0.39 is 30.8 Å². The average Bonchev–Trinajstić information content (AvgIpc) is 3.38. The van der Waals surface area contributed by atoms with Gasteiger partial charge in [-0.1, -0.05) is 6.07 Å². The van der Waals surface area contributed by atoms with Crippen molar-refractivity contribution in [2.24, 2.45) is 0 Å². The highest BCUT2D eigenvalue weighted by Crippen LogP contribution is 2.41. The van der Waals surface area contributed by atoms with E-state index in [2.05, 4.69) is 25.8 Å². The van der Waals surface area contributed by atoms with Crippen molar-refractivity contribution in [1.82, 2.24) is 25.4 Å². The number of hydrogen-bond donors (Lipinski definition) is 3. The molecule has 3 atom stereocenters. The second kappa shape index (κ2) is 8.00. The zero-order valence-electron chi connectivity index (χ0n) is 17.5. The van der Waals surface area contributed by atoms with Crippen LogP contribution in [0.25, 0.3) is 10.9 Å². The summed E-state index contributed by atoms with van der Waals surface area (Å²) < 4.78 is 54.9. The van der Waals surface area contributed by atoms with Crippen LogP contribution < -0.4 is 10.6 Å². The number of alkyl halides is 3. The van der Waals surface area contributed by atoms with E-state index in [4.69, 9.17) is 0 Å². The number of benzene rings is 1. The summed E-state index contributed by atoms with van der Waals surface area (Å²) in [7, 11) is 0. The number of nitrogens with zero attached hydrogens (tertiary/aromatic N) is 3. The van der Waals surface area contributed by atoms with Crippen LogP contribution in [0.2, 0.25) is 0 Å². The first-order chi connectivity index (χ1) is 15.3. The molecule has 1 aromatic carbocycles. The maximum Gasteiger partial charge on any atom is 0.401 e. The average molecular weight is 448 g/mol. The van der Waals surface area contributed by atoms with Gasteiger partial charge >= 0.3 is 6.18 Å². The molecule has 0 bridgehead atoms. The summed E-state index contributed by atoms with van der Waals surface area (Å²) in [6.45, 7) is 2.48. The molecule has 1 unspecified atom stereocenters.